The lowest BCUT2D eigenvalue weighted by Crippen LogP contribution is -2.36. The van der Waals surface area contributed by atoms with Crippen molar-refractivity contribution in [2.24, 2.45) is 0 Å². The zero-order valence-electron chi connectivity index (χ0n) is 14.9. The Labute approximate surface area is 169 Å². The highest BCUT2D eigenvalue weighted by Gasteiger charge is 2.51. The minimum absolute atomic E-state index is 0.0154. The van der Waals surface area contributed by atoms with E-state index in [9.17, 15) is 23.2 Å². The van der Waals surface area contributed by atoms with Crippen molar-refractivity contribution in [3.05, 3.63) is 60.7 Å². The second kappa shape index (κ2) is 7.33. The molecule has 4 rings (SSSR count). The van der Waals surface area contributed by atoms with Gasteiger partial charge in [-0.05, 0) is 12.1 Å². The number of aromatic nitrogens is 6. The predicted octanol–water partition coefficient (Wildman–Crippen LogP) is 0.160. The first-order valence-corrected chi connectivity index (χ1v) is 8.81. The number of ether oxygens (including phenoxy) is 1. The van der Waals surface area contributed by atoms with Gasteiger partial charge in [0, 0.05) is 12.3 Å². The smallest absolute Gasteiger partial charge is 0.325 e. The molecule has 1 atom stereocenters. The average molecular weight is 440 g/mol. The molecule has 0 amide bonds. The molecule has 1 unspecified atom stereocenters. The minimum atomic E-state index is -3.31. The van der Waals surface area contributed by atoms with E-state index in [1.807, 2.05) is 4.98 Å². The van der Waals surface area contributed by atoms with Crippen molar-refractivity contribution in [3.8, 4) is 17.1 Å². The third-order valence-corrected chi connectivity index (χ3v) is 4.55. The van der Waals surface area contributed by atoms with Gasteiger partial charge in [-0.25, -0.2) is 18.7 Å². The van der Waals surface area contributed by atoms with Crippen LogP contribution in [0.3, 0.4) is 0 Å². The number of hydrogen-bond acceptors (Lipinski definition) is 8. The summed E-state index contributed by atoms with van der Waals surface area (Å²) in [5.74, 6) is -3.46. The van der Waals surface area contributed by atoms with Crippen LogP contribution in [0.5, 0.6) is 5.88 Å². The lowest BCUT2D eigenvalue weighted by atomic mass is 10.2. The first-order chi connectivity index (χ1) is 14.2. The highest BCUT2D eigenvalue weighted by atomic mass is 35.5. The Kier molecular flexibility index (Phi) is 4.81. The number of aromatic amines is 3. The molecule has 0 saturated carbocycles. The molecule has 0 radical (unpaired) electrons. The molecular formula is C16H12ClF2N7O4. The van der Waals surface area contributed by atoms with Crippen molar-refractivity contribution in [1.82, 2.24) is 30.4 Å². The quantitative estimate of drug-likeness (QED) is 0.520. The maximum atomic E-state index is 14.5. The van der Waals surface area contributed by atoms with Gasteiger partial charge in [-0.3, -0.25) is 14.6 Å². The lowest BCUT2D eigenvalue weighted by molar-refractivity contribution is -0.0611. The van der Waals surface area contributed by atoms with Crippen LogP contribution in [0.25, 0.3) is 11.3 Å². The van der Waals surface area contributed by atoms with Crippen LogP contribution in [-0.2, 0) is 0 Å². The zero-order chi connectivity index (χ0) is 21.5. The Hall–Kier alpha value is -3.61. The SMILES string of the molecule is O=c1[nH]cc(-c2cc(N3CC(Oc4ccc(Cl)nn4)C(F)(F)C3)c(=O)[nH]n2)c(=O)[nH]1. The van der Waals surface area contributed by atoms with Crippen LogP contribution in [-0.4, -0.2) is 55.5 Å². The van der Waals surface area contributed by atoms with Crippen LogP contribution in [0.15, 0.2) is 38.8 Å². The number of halogens is 3. The van der Waals surface area contributed by atoms with Gasteiger partial charge in [0.15, 0.2) is 11.3 Å². The molecule has 0 aliphatic carbocycles. The van der Waals surface area contributed by atoms with Crippen LogP contribution < -0.4 is 26.4 Å². The third kappa shape index (κ3) is 3.78. The molecule has 14 heteroatoms. The summed E-state index contributed by atoms with van der Waals surface area (Å²) in [4.78, 5) is 40.7. The topological polar surface area (TPSA) is 150 Å². The van der Waals surface area contributed by atoms with Crippen molar-refractivity contribution in [2.45, 2.75) is 12.0 Å². The summed E-state index contributed by atoms with van der Waals surface area (Å²) in [6.45, 7) is -1.15. The second-order valence-electron chi connectivity index (χ2n) is 6.40. The molecule has 0 bridgehead atoms. The monoisotopic (exact) mass is 439 g/mol. The van der Waals surface area contributed by atoms with Crippen molar-refractivity contribution in [2.75, 3.05) is 18.0 Å². The number of alkyl halides is 2. The Morgan fingerprint density at radius 2 is 2.00 bits per heavy atom. The molecule has 0 aromatic carbocycles. The van der Waals surface area contributed by atoms with E-state index in [0.29, 0.717) is 0 Å². The molecule has 1 saturated heterocycles. The molecule has 156 valence electrons. The van der Waals surface area contributed by atoms with E-state index in [-0.39, 0.29) is 34.5 Å². The highest BCUT2D eigenvalue weighted by molar-refractivity contribution is 6.29. The van der Waals surface area contributed by atoms with Crippen molar-refractivity contribution >= 4 is 17.3 Å². The maximum absolute atomic E-state index is 14.5. The van der Waals surface area contributed by atoms with Crippen LogP contribution >= 0.6 is 11.6 Å². The second-order valence-corrected chi connectivity index (χ2v) is 6.78. The van der Waals surface area contributed by atoms with Gasteiger partial charge in [0.05, 0.1) is 24.3 Å². The van der Waals surface area contributed by atoms with Gasteiger partial charge in [0.25, 0.3) is 11.1 Å². The number of nitrogens with zero attached hydrogens (tertiary/aromatic N) is 4. The molecule has 1 aliphatic rings. The molecule has 3 N–H and O–H groups in total. The fourth-order valence-corrected chi connectivity index (χ4v) is 3.04. The molecule has 1 fully saturated rings. The Balaban J connectivity index is 1.64. The summed E-state index contributed by atoms with van der Waals surface area (Å²) < 4.78 is 34.3. The summed E-state index contributed by atoms with van der Waals surface area (Å²) in [5.41, 5.74) is -2.42. The van der Waals surface area contributed by atoms with Crippen LogP contribution in [0.2, 0.25) is 5.15 Å². The first-order valence-electron chi connectivity index (χ1n) is 8.44. The van der Waals surface area contributed by atoms with Gasteiger partial charge in [0.1, 0.15) is 5.69 Å². The molecule has 3 aromatic heterocycles. The van der Waals surface area contributed by atoms with Gasteiger partial charge in [-0.1, -0.05) is 11.6 Å². The molecule has 1 aliphatic heterocycles. The third-order valence-electron chi connectivity index (χ3n) is 4.35. The van der Waals surface area contributed by atoms with E-state index in [4.69, 9.17) is 16.3 Å². The molecule has 11 nitrogen and oxygen atoms in total. The van der Waals surface area contributed by atoms with E-state index in [1.165, 1.54) is 18.2 Å². The molecule has 30 heavy (non-hydrogen) atoms. The standard InChI is InChI=1S/C16H12ClF2N7O4/c17-11-1-2-12(24-23-11)30-10-5-26(6-16(10,18)19)9-3-8(22-25-14(9)28)7-4-20-15(29)21-13(7)27/h1-4,10H,5-6H2,(H,25,28)(H2,20,21,27,29). The lowest BCUT2D eigenvalue weighted by Gasteiger charge is -2.17. The van der Waals surface area contributed by atoms with Crippen LogP contribution in [0, 0.1) is 0 Å². The number of hydrogen-bond donors (Lipinski definition) is 3. The Morgan fingerprint density at radius 1 is 1.20 bits per heavy atom. The fourth-order valence-electron chi connectivity index (χ4n) is 2.94. The summed E-state index contributed by atoms with van der Waals surface area (Å²) in [6.07, 6.45) is -0.504. The van der Waals surface area contributed by atoms with Gasteiger partial charge in [0.2, 0.25) is 5.88 Å². The number of anilines is 1. The summed E-state index contributed by atoms with van der Waals surface area (Å²) in [6, 6.07) is 3.83. The summed E-state index contributed by atoms with van der Waals surface area (Å²) in [7, 11) is 0. The van der Waals surface area contributed by atoms with Crippen molar-refractivity contribution < 1.29 is 13.5 Å². The maximum Gasteiger partial charge on any atom is 0.325 e. The zero-order valence-corrected chi connectivity index (χ0v) is 15.6. The van der Waals surface area contributed by atoms with E-state index in [2.05, 4.69) is 25.4 Å². The van der Waals surface area contributed by atoms with Crippen molar-refractivity contribution in [1.29, 1.82) is 0 Å². The van der Waals surface area contributed by atoms with E-state index in [1.54, 1.807) is 0 Å². The Morgan fingerprint density at radius 3 is 2.70 bits per heavy atom. The van der Waals surface area contributed by atoms with Gasteiger partial charge in [-0.15, -0.1) is 10.2 Å². The van der Waals surface area contributed by atoms with E-state index < -0.39 is 35.4 Å². The molecule has 0 spiro atoms. The number of H-pyrrole nitrogens is 3. The number of nitrogens with one attached hydrogen (secondary N) is 3. The molecular weight excluding hydrogens is 428 g/mol. The largest absolute Gasteiger partial charge is 0.465 e. The van der Waals surface area contributed by atoms with Gasteiger partial charge >= 0.3 is 11.6 Å². The predicted molar refractivity (Wildman–Crippen MR) is 100 cm³/mol. The van der Waals surface area contributed by atoms with Crippen LogP contribution in [0.4, 0.5) is 14.5 Å². The van der Waals surface area contributed by atoms with E-state index in [0.717, 1.165) is 11.1 Å². The van der Waals surface area contributed by atoms with E-state index >= 15 is 0 Å². The highest BCUT2D eigenvalue weighted by Crippen LogP contribution is 2.33. The van der Waals surface area contributed by atoms with Gasteiger partial charge < -0.3 is 14.6 Å². The summed E-state index contributed by atoms with van der Waals surface area (Å²) in [5, 5.41) is 13.1. The fraction of sp³-hybridized carbons (Fsp3) is 0.250. The molecule has 4 heterocycles. The van der Waals surface area contributed by atoms with Crippen LogP contribution in [0.1, 0.15) is 0 Å². The number of rotatable bonds is 4. The van der Waals surface area contributed by atoms with Crippen molar-refractivity contribution in [3.63, 3.8) is 0 Å². The average Bonchev–Trinajstić information content (AvgIpc) is 2.98. The first kappa shape index (κ1) is 19.7. The van der Waals surface area contributed by atoms with Gasteiger partial charge in [-0.2, -0.15) is 5.10 Å². The summed E-state index contributed by atoms with van der Waals surface area (Å²) >= 11 is 5.62. The Bertz CT molecular complexity index is 1260. The minimum Gasteiger partial charge on any atom is -0.465 e. The molecule has 3 aromatic rings. The normalized spacial score (nSPS) is 17.8.